The van der Waals surface area contributed by atoms with Gasteiger partial charge in [0.05, 0.1) is 17.2 Å². The highest BCUT2D eigenvalue weighted by Crippen LogP contribution is 2.24. The first kappa shape index (κ1) is 15.7. The van der Waals surface area contributed by atoms with Crippen molar-refractivity contribution in [2.75, 3.05) is 6.61 Å². The summed E-state index contributed by atoms with van der Waals surface area (Å²) in [6, 6.07) is 16.0. The largest absolute Gasteiger partial charge is 0.477 e. The van der Waals surface area contributed by atoms with Crippen LogP contribution in [0.1, 0.15) is 18.2 Å². The molecule has 7 nitrogen and oxygen atoms in total. The fourth-order valence-electron chi connectivity index (χ4n) is 2.37. The SMILES string of the molecule is CCOc1c(Cc2ccccc2)nnn1-c1ccc([N+](=O)[O-])cc1. The molecule has 0 N–H and O–H groups in total. The van der Waals surface area contributed by atoms with Crippen molar-refractivity contribution in [2.24, 2.45) is 0 Å². The van der Waals surface area contributed by atoms with Crippen LogP contribution < -0.4 is 4.74 Å². The standard InChI is InChI=1S/C17H16N4O3/c1-2-24-17-16(12-13-6-4-3-5-7-13)18-19-20(17)14-8-10-15(11-9-14)21(22)23/h3-11H,2,12H2,1H3. The van der Waals surface area contributed by atoms with Crippen LogP contribution in [0.2, 0.25) is 0 Å². The first-order valence-corrected chi connectivity index (χ1v) is 7.55. The molecular formula is C17H16N4O3. The molecule has 0 saturated heterocycles. The Balaban J connectivity index is 1.94. The molecule has 0 amide bonds. The number of benzene rings is 2. The highest BCUT2D eigenvalue weighted by Gasteiger charge is 2.17. The van der Waals surface area contributed by atoms with Gasteiger partial charge in [-0.1, -0.05) is 35.5 Å². The minimum Gasteiger partial charge on any atom is -0.477 e. The van der Waals surface area contributed by atoms with Crippen LogP contribution in [0.25, 0.3) is 5.69 Å². The van der Waals surface area contributed by atoms with Crippen LogP contribution in [0.4, 0.5) is 5.69 Å². The van der Waals surface area contributed by atoms with E-state index >= 15 is 0 Å². The summed E-state index contributed by atoms with van der Waals surface area (Å²) in [5, 5.41) is 19.1. The second kappa shape index (κ2) is 6.91. The molecule has 1 aromatic heterocycles. The summed E-state index contributed by atoms with van der Waals surface area (Å²) in [4.78, 5) is 10.3. The van der Waals surface area contributed by atoms with Crippen molar-refractivity contribution in [3.63, 3.8) is 0 Å². The molecule has 0 unspecified atom stereocenters. The third kappa shape index (κ3) is 3.24. The average Bonchev–Trinajstić information content (AvgIpc) is 2.99. The fraction of sp³-hybridized carbons (Fsp3) is 0.176. The third-order valence-corrected chi connectivity index (χ3v) is 3.49. The lowest BCUT2D eigenvalue weighted by Crippen LogP contribution is -2.04. The fourth-order valence-corrected chi connectivity index (χ4v) is 2.37. The maximum atomic E-state index is 10.8. The summed E-state index contributed by atoms with van der Waals surface area (Å²) in [5.74, 6) is 0.551. The molecule has 3 rings (SSSR count). The maximum Gasteiger partial charge on any atom is 0.269 e. The summed E-state index contributed by atoms with van der Waals surface area (Å²) < 4.78 is 7.28. The lowest BCUT2D eigenvalue weighted by Gasteiger charge is -2.08. The van der Waals surface area contributed by atoms with E-state index in [1.807, 2.05) is 37.3 Å². The highest BCUT2D eigenvalue weighted by atomic mass is 16.6. The number of nitro benzene ring substituents is 1. The monoisotopic (exact) mass is 324 g/mol. The van der Waals surface area contributed by atoms with Gasteiger partial charge >= 0.3 is 0 Å². The van der Waals surface area contributed by atoms with Gasteiger partial charge < -0.3 is 4.74 Å². The van der Waals surface area contributed by atoms with Crippen LogP contribution in [-0.4, -0.2) is 26.5 Å². The van der Waals surface area contributed by atoms with Crippen LogP contribution in [0.15, 0.2) is 54.6 Å². The molecule has 0 atom stereocenters. The number of ether oxygens (including phenoxy) is 1. The highest BCUT2D eigenvalue weighted by molar-refractivity contribution is 5.43. The Morgan fingerprint density at radius 3 is 2.46 bits per heavy atom. The Morgan fingerprint density at radius 1 is 1.12 bits per heavy atom. The van der Waals surface area contributed by atoms with Crippen molar-refractivity contribution in [1.29, 1.82) is 0 Å². The molecule has 0 radical (unpaired) electrons. The smallest absolute Gasteiger partial charge is 0.269 e. The van der Waals surface area contributed by atoms with Gasteiger partial charge in [0.2, 0.25) is 5.88 Å². The van der Waals surface area contributed by atoms with Gasteiger partial charge in [0.1, 0.15) is 5.69 Å². The lowest BCUT2D eigenvalue weighted by molar-refractivity contribution is -0.384. The summed E-state index contributed by atoms with van der Waals surface area (Å²) in [6.45, 7) is 2.36. The number of aromatic nitrogens is 3. The predicted molar refractivity (Wildman–Crippen MR) is 88.4 cm³/mol. The van der Waals surface area contributed by atoms with Crippen LogP contribution >= 0.6 is 0 Å². The number of hydrogen-bond donors (Lipinski definition) is 0. The zero-order chi connectivity index (χ0) is 16.9. The van der Waals surface area contributed by atoms with Crippen molar-refractivity contribution in [3.05, 3.63) is 76.0 Å². The molecule has 122 valence electrons. The molecule has 0 aliphatic rings. The van der Waals surface area contributed by atoms with Crippen molar-refractivity contribution < 1.29 is 9.66 Å². The van der Waals surface area contributed by atoms with E-state index in [1.54, 1.807) is 16.8 Å². The zero-order valence-electron chi connectivity index (χ0n) is 13.1. The average molecular weight is 324 g/mol. The molecule has 0 spiro atoms. The van der Waals surface area contributed by atoms with Gasteiger partial charge in [-0.25, -0.2) is 0 Å². The number of nitrogens with zero attached hydrogens (tertiary/aromatic N) is 4. The summed E-state index contributed by atoms with van der Waals surface area (Å²) in [7, 11) is 0. The molecular weight excluding hydrogens is 308 g/mol. The molecule has 1 heterocycles. The molecule has 0 aliphatic heterocycles. The van der Waals surface area contributed by atoms with Gasteiger partial charge in [-0.2, -0.15) is 4.68 Å². The van der Waals surface area contributed by atoms with Crippen LogP contribution in [0.3, 0.4) is 0 Å². The van der Waals surface area contributed by atoms with E-state index in [0.717, 1.165) is 11.3 Å². The number of non-ortho nitro benzene ring substituents is 1. The molecule has 0 saturated carbocycles. The van der Waals surface area contributed by atoms with E-state index in [1.165, 1.54) is 12.1 Å². The minimum atomic E-state index is -0.435. The third-order valence-electron chi connectivity index (χ3n) is 3.49. The molecule has 0 fully saturated rings. The number of hydrogen-bond acceptors (Lipinski definition) is 5. The van der Waals surface area contributed by atoms with Gasteiger partial charge in [-0.05, 0) is 24.6 Å². The van der Waals surface area contributed by atoms with Crippen molar-refractivity contribution in [1.82, 2.24) is 15.0 Å². The van der Waals surface area contributed by atoms with E-state index in [2.05, 4.69) is 10.3 Å². The predicted octanol–water partition coefficient (Wildman–Crippen LogP) is 3.17. The van der Waals surface area contributed by atoms with Gasteiger partial charge in [0, 0.05) is 18.6 Å². The minimum absolute atomic E-state index is 0.0290. The first-order valence-electron chi connectivity index (χ1n) is 7.55. The van der Waals surface area contributed by atoms with Crippen LogP contribution in [0.5, 0.6) is 5.88 Å². The summed E-state index contributed by atoms with van der Waals surface area (Å²) in [6.07, 6.45) is 0.600. The summed E-state index contributed by atoms with van der Waals surface area (Å²) in [5.41, 5.74) is 2.52. The van der Waals surface area contributed by atoms with E-state index in [4.69, 9.17) is 4.74 Å². The second-order valence-electron chi connectivity index (χ2n) is 5.12. The molecule has 24 heavy (non-hydrogen) atoms. The maximum absolute atomic E-state index is 10.8. The van der Waals surface area contributed by atoms with Crippen LogP contribution in [0, 0.1) is 10.1 Å². The summed E-state index contributed by atoms with van der Waals surface area (Å²) >= 11 is 0. The zero-order valence-corrected chi connectivity index (χ0v) is 13.1. The normalized spacial score (nSPS) is 10.5. The van der Waals surface area contributed by atoms with Gasteiger partial charge in [0.15, 0.2) is 0 Å². The Kier molecular flexibility index (Phi) is 4.51. The molecule has 0 aliphatic carbocycles. The van der Waals surface area contributed by atoms with Crippen molar-refractivity contribution >= 4 is 5.69 Å². The van der Waals surface area contributed by atoms with E-state index in [-0.39, 0.29) is 5.69 Å². The number of nitro groups is 1. The Bertz CT molecular complexity index is 829. The quantitative estimate of drug-likeness (QED) is 0.514. The second-order valence-corrected chi connectivity index (χ2v) is 5.12. The van der Waals surface area contributed by atoms with Crippen LogP contribution in [-0.2, 0) is 6.42 Å². The Hall–Kier alpha value is -3.22. The van der Waals surface area contributed by atoms with E-state index in [0.29, 0.717) is 24.6 Å². The van der Waals surface area contributed by atoms with E-state index < -0.39 is 4.92 Å². The molecule has 0 bridgehead atoms. The Morgan fingerprint density at radius 2 is 1.83 bits per heavy atom. The van der Waals surface area contributed by atoms with E-state index in [9.17, 15) is 10.1 Å². The van der Waals surface area contributed by atoms with Crippen molar-refractivity contribution in [3.8, 4) is 11.6 Å². The lowest BCUT2D eigenvalue weighted by atomic mass is 10.1. The number of rotatable bonds is 6. The molecule has 7 heteroatoms. The van der Waals surface area contributed by atoms with Crippen molar-refractivity contribution in [2.45, 2.75) is 13.3 Å². The topological polar surface area (TPSA) is 83.1 Å². The van der Waals surface area contributed by atoms with Gasteiger partial charge in [-0.3, -0.25) is 10.1 Å². The van der Waals surface area contributed by atoms with Gasteiger partial charge in [0.25, 0.3) is 5.69 Å². The Labute approximate surface area is 138 Å². The molecule has 2 aromatic carbocycles. The molecule has 3 aromatic rings. The first-order chi connectivity index (χ1) is 11.7. The van der Waals surface area contributed by atoms with Gasteiger partial charge in [-0.15, -0.1) is 5.10 Å².